The van der Waals surface area contributed by atoms with Gasteiger partial charge in [0.05, 0.1) is 5.52 Å². The number of hydrogen-bond acceptors (Lipinski definition) is 4. The summed E-state index contributed by atoms with van der Waals surface area (Å²) >= 11 is 0. The van der Waals surface area contributed by atoms with Crippen molar-refractivity contribution in [2.45, 2.75) is 0 Å². The maximum absolute atomic E-state index is 11.5. The molecule has 0 atom stereocenters. The van der Waals surface area contributed by atoms with Crippen molar-refractivity contribution in [2.24, 2.45) is 5.73 Å². The summed E-state index contributed by atoms with van der Waals surface area (Å²) in [5.41, 5.74) is 11.7. The number of rotatable bonds is 1. The number of imide groups is 1. The van der Waals surface area contributed by atoms with Gasteiger partial charge in [-0.2, -0.15) is 0 Å². The van der Waals surface area contributed by atoms with E-state index in [9.17, 15) is 9.59 Å². The third-order valence-electron chi connectivity index (χ3n) is 2.22. The van der Waals surface area contributed by atoms with Crippen LogP contribution in [0.2, 0.25) is 0 Å². The third kappa shape index (κ3) is 2.15. The van der Waals surface area contributed by atoms with Crippen LogP contribution >= 0.6 is 0 Å². The van der Waals surface area contributed by atoms with Crippen LogP contribution in [0.5, 0.6) is 0 Å². The summed E-state index contributed by atoms with van der Waals surface area (Å²) in [5.74, 6) is -0.671. The number of nitrogens with one attached hydrogen (secondary N) is 1. The van der Waals surface area contributed by atoms with E-state index in [1.807, 2.05) is 11.4 Å². The Morgan fingerprint density at radius 2 is 1.94 bits per heavy atom. The van der Waals surface area contributed by atoms with Crippen molar-refractivity contribution in [2.75, 3.05) is 5.73 Å². The summed E-state index contributed by atoms with van der Waals surface area (Å²) in [5, 5.41) is 2.69. The van der Waals surface area contributed by atoms with Crippen molar-refractivity contribution in [3.8, 4) is 0 Å². The molecule has 0 bridgehead atoms. The van der Waals surface area contributed by atoms with Gasteiger partial charge < -0.3 is 11.5 Å². The standard InChI is InChI=1S/C11H10N4O2/c12-7-5-9(10(16)15-11(13)17)14-8-4-2-1-3-6(7)8/h1-5H,(H2,12,14)(H3,13,15,16,17). The van der Waals surface area contributed by atoms with Gasteiger partial charge in [0.1, 0.15) is 5.69 Å². The molecule has 86 valence electrons. The van der Waals surface area contributed by atoms with Crippen LogP contribution in [0.1, 0.15) is 10.5 Å². The minimum absolute atomic E-state index is 0.0556. The molecule has 5 N–H and O–H groups in total. The van der Waals surface area contributed by atoms with Gasteiger partial charge in [0.2, 0.25) is 0 Å². The van der Waals surface area contributed by atoms with Crippen molar-refractivity contribution in [1.29, 1.82) is 0 Å². The van der Waals surface area contributed by atoms with Crippen LogP contribution in [0.3, 0.4) is 0 Å². The van der Waals surface area contributed by atoms with Crippen molar-refractivity contribution < 1.29 is 9.59 Å². The Labute approximate surface area is 96.6 Å². The Bertz CT molecular complexity index is 609. The molecule has 1 heterocycles. The maximum atomic E-state index is 11.5. The van der Waals surface area contributed by atoms with E-state index >= 15 is 0 Å². The number of anilines is 1. The van der Waals surface area contributed by atoms with E-state index in [1.54, 1.807) is 18.2 Å². The van der Waals surface area contributed by atoms with Crippen LogP contribution in [0.15, 0.2) is 30.3 Å². The first kappa shape index (κ1) is 10.9. The van der Waals surface area contributed by atoms with Crippen LogP contribution in [0.4, 0.5) is 10.5 Å². The Hall–Kier alpha value is -2.63. The summed E-state index contributed by atoms with van der Waals surface area (Å²) < 4.78 is 0. The van der Waals surface area contributed by atoms with Gasteiger partial charge in [-0.15, -0.1) is 0 Å². The van der Waals surface area contributed by atoms with Gasteiger partial charge >= 0.3 is 6.03 Å². The number of carbonyl (C=O) groups excluding carboxylic acids is 2. The van der Waals surface area contributed by atoms with Crippen LogP contribution in [0, 0.1) is 0 Å². The Morgan fingerprint density at radius 3 is 2.65 bits per heavy atom. The smallest absolute Gasteiger partial charge is 0.319 e. The summed E-state index contributed by atoms with van der Waals surface area (Å²) in [7, 11) is 0. The lowest BCUT2D eigenvalue weighted by Crippen LogP contribution is -2.35. The predicted molar refractivity (Wildman–Crippen MR) is 63.2 cm³/mol. The predicted octanol–water partition coefficient (Wildman–Crippen LogP) is 0.625. The number of urea groups is 1. The Kier molecular flexibility index (Phi) is 2.61. The summed E-state index contributed by atoms with van der Waals surface area (Å²) in [6, 6.07) is 7.61. The maximum Gasteiger partial charge on any atom is 0.319 e. The fourth-order valence-corrected chi connectivity index (χ4v) is 1.49. The Balaban J connectivity index is 2.50. The molecule has 6 nitrogen and oxygen atoms in total. The number of pyridine rings is 1. The number of para-hydroxylation sites is 1. The van der Waals surface area contributed by atoms with Gasteiger partial charge in [-0.05, 0) is 12.1 Å². The molecule has 0 radical (unpaired) electrons. The second-order valence-electron chi connectivity index (χ2n) is 3.43. The first-order valence-electron chi connectivity index (χ1n) is 4.84. The van der Waals surface area contributed by atoms with Crippen LogP contribution in [-0.2, 0) is 0 Å². The summed E-state index contributed by atoms with van der Waals surface area (Å²) in [4.78, 5) is 26.2. The number of nitrogens with zero attached hydrogens (tertiary/aromatic N) is 1. The van der Waals surface area contributed by atoms with Crippen LogP contribution in [0.25, 0.3) is 10.9 Å². The number of nitrogen functional groups attached to an aromatic ring is 1. The first-order chi connectivity index (χ1) is 8.08. The minimum Gasteiger partial charge on any atom is -0.398 e. The molecule has 0 aliphatic rings. The average Bonchev–Trinajstić information content (AvgIpc) is 2.28. The molecule has 3 amide bonds. The van der Waals surface area contributed by atoms with Crippen molar-refractivity contribution >= 4 is 28.5 Å². The molecule has 17 heavy (non-hydrogen) atoms. The second kappa shape index (κ2) is 4.09. The van der Waals surface area contributed by atoms with Crippen molar-refractivity contribution in [1.82, 2.24) is 10.3 Å². The van der Waals surface area contributed by atoms with Crippen molar-refractivity contribution in [3.63, 3.8) is 0 Å². The summed E-state index contributed by atoms with van der Waals surface area (Å²) in [6.07, 6.45) is 0. The zero-order valence-electron chi connectivity index (χ0n) is 8.81. The molecule has 2 rings (SSSR count). The van der Waals surface area contributed by atoms with E-state index in [1.165, 1.54) is 6.07 Å². The quantitative estimate of drug-likeness (QED) is 0.666. The van der Waals surface area contributed by atoms with Crippen molar-refractivity contribution in [3.05, 3.63) is 36.0 Å². The number of nitrogens with two attached hydrogens (primary N) is 2. The molecule has 6 heteroatoms. The molecular formula is C11H10N4O2. The minimum atomic E-state index is -0.927. The molecule has 0 fully saturated rings. The molecule has 0 saturated carbocycles. The van der Waals surface area contributed by atoms with Gasteiger partial charge in [0.25, 0.3) is 5.91 Å². The monoisotopic (exact) mass is 230 g/mol. The molecule has 0 saturated heterocycles. The first-order valence-corrected chi connectivity index (χ1v) is 4.84. The largest absolute Gasteiger partial charge is 0.398 e. The van der Waals surface area contributed by atoms with E-state index in [0.29, 0.717) is 11.2 Å². The molecule has 0 spiro atoms. The van der Waals surface area contributed by atoms with E-state index in [0.717, 1.165) is 5.39 Å². The Morgan fingerprint density at radius 1 is 1.24 bits per heavy atom. The molecule has 2 aromatic rings. The number of carbonyl (C=O) groups is 2. The number of primary amides is 1. The van der Waals surface area contributed by atoms with Gasteiger partial charge in [0.15, 0.2) is 0 Å². The molecule has 1 aromatic heterocycles. The lowest BCUT2D eigenvalue weighted by atomic mass is 10.1. The highest BCUT2D eigenvalue weighted by atomic mass is 16.2. The van der Waals surface area contributed by atoms with Crippen LogP contribution < -0.4 is 16.8 Å². The zero-order valence-corrected chi connectivity index (χ0v) is 8.81. The average molecular weight is 230 g/mol. The lowest BCUT2D eigenvalue weighted by Gasteiger charge is -2.05. The topological polar surface area (TPSA) is 111 Å². The van der Waals surface area contributed by atoms with E-state index in [4.69, 9.17) is 11.5 Å². The molecule has 0 aliphatic carbocycles. The summed E-state index contributed by atoms with van der Waals surface area (Å²) in [6.45, 7) is 0. The highest BCUT2D eigenvalue weighted by Crippen LogP contribution is 2.19. The van der Waals surface area contributed by atoms with Gasteiger partial charge in [-0.3, -0.25) is 10.1 Å². The highest BCUT2D eigenvalue weighted by molar-refractivity contribution is 6.05. The number of fused-ring (bicyclic) bond motifs is 1. The lowest BCUT2D eigenvalue weighted by molar-refractivity contribution is 0.0961. The number of aromatic nitrogens is 1. The molecule has 0 aliphatic heterocycles. The number of amides is 3. The fourth-order valence-electron chi connectivity index (χ4n) is 1.49. The van der Waals surface area contributed by atoms with E-state index in [-0.39, 0.29) is 5.69 Å². The normalized spacial score (nSPS) is 10.1. The van der Waals surface area contributed by atoms with E-state index < -0.39 is 11.9 Å². The SMILES string of the molecule is NC(=O)NC(=O)c1cc(N)c2ccccc2n1. The second-order valence-corrected chi connectivity index (χ2v) is 3.43. The fraction of sp³-hybridized carbons (Fsp3) is 0. The van der Waals surface area contributed by atoms with Gasteiger partial charge in [-0.25, -0.2) is 9.78 Å². The van der Waals surface area contributed by atoms with Gasteiger partial charge in [-0.1, -0.05) is 18.2 Å². The van der Waals surface area contributed by atoms with Crippen LogP contribution in [-0.4, -0.2) is 16.9 Å². The van der Waals surface area contributed by atoms with E-state index in [2.05, 4.69) is 4.98 Å². The zero-order chi connectivity index (χ0) is 12.4. The number of benzene rings is 1. The number of hydrogen-bond donors (Lipinski definition) is 3. The highest BCUT2D eigenvalue weighted by Gasteiger charge is 2.11. The molecule has 0 unspecified atom stereocenters. The molecule has 1 aromatic carbocycles. The third-order valence-corrected chi connectivity index (χ3v) is 2.22. The molecular weight excluding hydrogens is 220 g/mol. The van der Waals surface area contributed by atoms with Gasteiger partial charge in [0, 0.05) is 11.1 Å².